The second kappa shape index (κ2) is 8.32. The fourth-order valence-corrected chi connectivity index (χ4v) is 2.93. The van der Waals surface area contributed by atoms with Gasteiger partial charge in [0.05, 0.1) is 23.1 Å². The molecule has 0 saturated carbocycles. The van der Waals surface area contributed by atoms with E-state index in [0.29, 0.717) is 22.6 Å². The predicted octanol–water partition coefficient (Wildman–Crippen LogP) is 2.74. The Bertz CT molecular complexity index is 800. The zero-order valence-corrected chi connectivity index (χ0v) is 15.1. The predicted molar refractivity (Wildman–Crippen MR) is 96.0 cm³/mol. The lowest BCUT2D eigenvalue weighted by Gasteiger charge is -2.09. The van der Waals surface area contributed by atoms with Crippen molar-refractivity contribution in [1.29, 1.82) is 0 Å². The van der Waals surface area contributed by atoms with Crippen LogP contribution in [-0.2, 0) is 22.1 Å². The Kier molecular flexibility index (Phi) is 7.01. The first kappa shape index (κ1) is 20.2. The Morgan fingerprint density at radius 3 is 2.58 bits per heavy atom. The van der Waals surface area contributed by atoms with Crippen LogP contribution in [0.1, 0.15) is 35.5 Å². The quantitative estimate of drug-likeness (QED) is 0.811. The van der Waals surface area contributed by atoms with Crippen molar-refractivity contribution < 1.29 is 17.6 Å². The van der Waals surface area contributed by atoms with Gasteiger partial charge < -0.3 is 15.5 Å². The van der Waals surface area contributed by atoms with Crippen LogP contribution < -0.4 is 11.1 Å². The van der Waals surface area contributed by atoms with E-state index in [2.05, 4.69) is 5.32 Å². The number of halogens is 1. The van der Waals surface area contributed by atoms with Crippen LogP contribution in [-0.4, -0.2) is 19.6 Å². The zero-order valence-electron chi connectivity index (χ0n) is 13.5. The van der Waals surface area contributed by atoms with Gasteiger partial charge in [0.25, 0.3) is 5.91 Å². The summed E-state index contributed by atoms with van der Waals surface area (Å²) >= 11 is 0. The van der Waals surface area contributed by atoms with Gasteiger partial charge in [-0.1, -0.05) is 12.1 Å². The molecule has 0 aliphatic carbocycles. The summed E-state index contributed by atoms with van der Waals surface area (Å²) in [5.74, 6) is 0.126. The lowest BCUT2D eigenvalue weighted by Crippen LogP contribution is -2.16. The fourth-order valence-electron chi connectivity index (χ4n) is 1.95. The van der Waals surface area contributed by atoms with Crippen LogP contribution in [0.15, 0.2) is 41.0 Å². The van der Waals surface area contributed by atoms with Gasteiger partial charge in [-0.25, -0.2) is 8.42 Å². The van der Waals surface area contributed by atoms with E-state index in [-0.39, 0.29) is 30.6 Å². The first-order valence-corrected chi connectivity index (χ1v) is 8.92. The van der Waals surface area contributed by atoms with Gasteiger partial charge in [-0.05, 0) is 37.6 Å². The third kappa shape index (κ3) is 5.09. The first-order chi connectivity index (χ1) is 10.8. The van der Waals surface area contributed by atoms with Crippen molar-refractivity contribution in [1.82, 2.24) is 0 Å². The maximum absolute atomic E-state index is 12.1. The van der Waals surface area contributed by atoms with E-state index in [1.165, 1.54) is 6.26 Å². The van der Waals surface area contributed by atoms with Crippen molar-refractivity contribution in [3.63, 3.8) is 0 Å². The van der Waals surface area contributed by atoms with Crippen LogP contribution >= 0.6 is 12.4 Å². The number of benzene rings is 1. The monoisotopic (exact) mass is 372 g/mol. The molecule has 2 aromatic rings. The molecule has 0 atom stereocenters. The van der Waals surface area contributed by atoms with Crippen molar-refractivity contribution in [2.24, 2.45) is 5.73 Å². The number of amides is 1. The average molecular weight is 373 g/mol. The lowest BCUT2D eigenvalue weighted by molar-refractivity contribution is 0.102. The molecule has 0 aliphatic rings. The highest BCUT2D eigenvalue weighted by Gasteiger charge is 2.17. The number of anilines is 1. The SMILES string of the molecule is CC(C)S(=O)(=O)Cc1cccc(NC(=O)c2coc(CN)c2)c1.Cl. The maximum atomic E-state index is 12.1. The Morgan fingerprint density at radius 2 is 2.00 bits per heavy atom. The minimum absolute atomic E-state index is 0. The summed E-state index contributed by atoms with van der Waals surface area (Å²) in [7, 11) is -3.19. The third-order valence-electron chi connectivity index (χ3n) is 3.39. The van der Waals surface area contributed by atoms with Gasteiger partial charge in [-0.3, -0.25) is 4.79 Å². The summed E-state index contributed by atoms with van der Waals surface area (Å²) in [6.07, 6.45) is 1.34. The number of carbonyl (C=O) groups is 1. The van der Waals surface area contributed by atoms with Crippen LogP contribution in [0.3, 0.4) is 0 Å². The van der Waals surface area contributed by atoms with Gasteiger partial charge in [0.15, 0.2) is 9.84 Å². The molecular formula is C16H21ClN2O4S. The van der Waals surface area contributed by atoms with Crippen LogP contribution in [0.4, 0.5) is 5.69 Å². The van der Waals surface area contributed by atoms with E-state index in [1.54, 1.807) is 44.2 Å². The number of sulfone groups is 1. The first-order valence-electron chi connectivity index (χ1n) is 7.21. The molecule has 0 fully saturated rings. The number of rotatable bonds is 6. The highest BCUT2D eigenvalue weighted by Crippen LogP contribution is 2.17. The Balaban J connectivity index is 0.00000288. The number of furan rings is 1. The number of carbonyl (C=O) groups excluding carboxylic acids is 1. The standard InChI is InChI=1S/C16H20N2O4S.ClH/c1-11(2)23(20,21)10-12-4-3-5-14(6-12)18-16(19)13-7-15(8-17)22-9-13;/h3-7,9,11H,8,10,17H2,1-2H3,(H,18,19);1H. The Morgan fingerprint density at radius 1 is 1.29 bits per heavy atom. The van der Waals surface area contributed by atoms with E-state index in [9.17, 15) is 13.2 Å². The molecule has 3 N–H and O–H groups in total. The van der Waals surface area contributed by atoms with Crippen molar-refractivity contribution in [3.8, 4) is 0 Å². The average Bonchev–Trinajstić information content (AvgIpc) is 2.96. The molecule has 6 nitrogen and oxygen atoms in total. The molecule has 8 heteroatoms. The number of nitrogens with two attached hydrogens (primary N) is 1. The maximum Gasteiger partial charge on any atom is 0.258 e. The molecule has 0 aliphatic heterocycles. The number of hydrogen-bond donors (Lipinski definition) is 2. The second-order valence-corrected chi connectivity index (χ2v) is 8.07. The van der Waals surface area contributed by atoms with Gasteiger partial charge in [0, 0.05) is 5.69 Å². The summed E-state index contributed by atoms with van der Waals surface area (Å²) in [5.41, 5.74) is 6.96. The molecule has 0 unspecified atom stereocenters. The molecule has 132 valence electrons. The lowest BCUT2D eigenvalue weighted by atomic mass is 10.2. The van der Waals surface area contributed by atoms with Gasteiger partial charge in [0.1, 0.15) is 12.0 Å². The molecule has 1 aromatic carbocycles. The van der Waals surface area contributed by atoms with Gasteiger partial charge >= 0.3 is 0 Å². The topological polar surface area (TPSA) is 102 Å². The highest BCUT2D eigenvalue weighted by atomic mass is 35.5. The molecule has 1 heterocycles. The summed E-state index contributed by atoms with van der Waals surface area (Å²) in [6.45, 7) is 3.51. The molecule has 1 aromatic heterocycles. The summed E-state index contributed by atoms with van der Waals surface area (Å²) in [5, 5.41) is 2.27. The van der Waals surface area contributed by atoms with Crippen molar-refractivity contribution in [2.45, 2.75) is 31.4 Å². The molecule has 24 heavy (non-hydrogen) atoms. The smallest absolute Gasteiger partial charge is 0.258 e. The summed E-state index contributed by atoms with van der Waals surface area (Å²) in [6, 6.07) is 8.36. The van der Waals surface area contributed by atoms with Crippen LogP contribution in [0, 0.1) is 0 Å². The van der Waals surface area contributed by atoms with Crippen LogP contribution in [0.25, 0.3) is 0 Å². The molecule has 2 rings (SSSR count). The van der Waals surface area contributed by atoms with E-state index in [1.807, 2.05) is 0 Å². The third-order valence-corrected chi connectivity index (χ3v) is 5.56. The van der Waals surface area contributed by atoms with Crippen molar-refractivity contribution in [2.75, 3.05) is 5.32 Å². The highest BCUT2D eigenvalue weighted by molar-refractivity contribution is 7.91. The van der Waals surface area contributed by atoms with Gasteiger partial charge in [0.2, 0.25) is 0 Å². The zero-order chi connectivity index (χ0) is 17.0. The Hall–Kier alpha value is -1.83. The molecule has 1 amide bonds. The minimum Gasteiger partial charge on any atom is -0.467 e. The van der Waals surface area contributed by atoms with Gasteiger partial charge in [-0.15, -0.1) is 12.4 Å². The molecule has 0 bridgehead atoms. The van der Waals surface area contributed by atoms with E-state index >= 15 is 0 Å². The van der Waals surface area contributed by atoms with Crippen LogP contribution in [0.5, 0.6) is 0 Å². The molecule has 0 saturated heterocycles. The van der Waals surface area contributed by atoms with E-state index < -0.39 is 15.1 Å². The second-order valence-electron chi connectivity index (χ2n) is 5.52. The number of nitrogens with one attached hydrogen (secondary N) is 1. The normalized spacial score (nSPS) is 11.2. The Labute approximate surface area is 147 Å². The molecule has 0 spiro atoms. The van der Waals surface area contributed by atoms with Crippen molar-refractivity contribution >= 4 is 33.8 Å². The fraction of sp³-hybridized carbons (Fsp3) is 0.312. The minimum atomic E-state index is -3.19. The van der Waals surface area contributed by atoms with E-state index in [4.69, 9.17) is 10.2 Å². The molecule has 0 radical (unpaired) electrons. The largest absolute Gasteiger partial charge is 0.467 e. The van der Waals surface area contributed by atoms with Gasteiger partial charge in [-0.2, -0.15) is 0 Å². The van der Waals surface area contributed by atoms with Crippen molar-refractivity contribution in [3.05, 3.63) is 53.5 Å². The molecular weight excluding hydrogens is 352 g/mol. The summed E-state index contributed by atoms with van der Waals surface area (Å²) < 4.78 is 29.1. The van der Waals surface area contributed by atoms with E-state index in [0.717, 1.165) is 0 Å². The van der Waals surface area contributed by atoms with Crippen LogP contribution in [0.2, 0.25) is 0 Å². The number of hydrogen-bond acceptors (Lipinski definition) is 5. The summed E-state index contributed by atoms with van der Waals surface area (Å²) in [4.78, 5) is 12.1.